The molecule has 5 heteroatoms. The van der Waals surface area contributed by atoms with Gasteiger partial charge in [-0.1, -0.05) is 102 Å². The topological polar surface area (TPSA) is 18.5 Å². The molecule has 3 aromatic rings. The van der Waals surface area contributed by atoms with E-state index in [1.807, 2.05) is 24.3 Å². The Balaban J connectivity index is 1.34. The molecule has 0 radical (unpaired) electrons. The van der Waals surface area contributed by atoms with Crippen LogP contribution in [0.2, 0.25) is 0 Å². The average molecular weight is 567 g/mol. The van der Waals surface area contributed by atoms with Gasteiger partial charge in [0.2, 0.25) is 5.82 Å². The van der Waals surface area contributed by atoms with Gasteiger partial charge in [-0.25, -0.2) is 8.78 Å². The van der Waals surface area contributed by atoms with Crippen molar-refractivity contribution in [3.8, 4) is 28.0 Å². The van der Waals surface area contributed by atoms with E-state index in [4.69, 9.17) is 9.47 Å². The fourth-order valence-electron chi connectivity index (χ4n) is 5.71. The van der Waals surface area contributed by atoms with Gasteiger partial charge in [0.1, 0.15) is 5.82 Å². The van der Waals surface area contributed by atoms with Crippen LogP contribution >= 0.6 is 0 Å². The standard InChI is InChI=1S/C36H45F3O2/c1-3-5-7-9-10-12-30-19-17-29(25-41-30)31-20-18-28(24-33(31)37)26-13-15-27(16-14-26)32-21-22-34(36(39)35(32)38)40-23-11-8-6-4-2/h13-16,18,20-22,24,29-30H,3-12,17,19,23,25H2,1-2H3. The molecule has 1 aliphatic heterocycles. The molecule has 0 N–H and O–H groups in total. The zero-order chi connectivity index (χ0) is 29.0. The van der Waals surface area contributed by atoms with Crippen molar-refractivity contribution in [3.63, 3.8) is 0 Å². The van der Waals surface area contributed by atoms with Crippen LogP contribution in [0.4, 0.5) is 13.2 Å². The smallest absolute Gasteiger partial charge is 0.201 e. The highest BCUT2D eigenvalue weighted by Crippen LogP contribution is 2.35. The molecular formula is C36H45F3O2. The molecule has 0 saturated carbocycles. The van der Waals surface area contributed by atoms with Crippen molar-refractivity contribution in [2.75, 3.05) is 13.2 Å². The fourth-order valence-corrected chi connectivity index (χ4v) is 5.71. The van der Waals surface area contributed by atoms with E-state index >= 15 is 4.39 Å². The molecule has 41 heavy (non-hydrogen) atoms. The average Bonchev–Trinajstić information content (AvgIpc) is 2.99. The molecule has 1 aliphatic rings. The Morgan fingerprint density at radius 3 is 2.07 bits per heavy atom. The van der Waals surface area contributed by atoms with E-state index in [2.05, 4.69) is 13.8 Å². The van der Waals surface area contributed by atoms with Gasteiger partial charge in [-0.05, 0) is 66.1 Å². The second-order valence-electron chi connectivity index (χ2n) is 11.4. The first-order valence-corrected chi connectivity index (χ1v) is 15.6. The van der Waals surface area contributed by atoms with Crippen LogP contribution in [0.1, 0.15) is 102 Å². The summed E-state index contributed by atoms with van der Waals surface area (Å²) in [5, 5.41) is 0. The Bertz CT molecular complexity index is 1220. The maximum atomic E-state index is 15.2. The zero-order valence-corrected chi connectivity index (χ0v) is 24.7. The summed E-state index contributed by atoms with van der Waals surface area (Å²) in [5.41, 5.74) is 2.99. The molecule has 0 amide bonds. The summed E-state index contributed by atoms with van der Waals surface area (Å²) in [7, 11) is 0. The first-order valence-electron chi connectivity index (χ1n) is 15.6. The molecule has 0 bridgehead atoms. The van der Waals surface area contributed by atoms with E-state index in [0.717, 1.165) is 56.1 Å². The van der Waals surface area contributed by atoms with Gasteiger partial charge in [-0.3, -0.25) is 0 Å². The second kappa shape index (κ2) is 16.0. The van der Waals surface area contributed by atoms with E-state index in [-0.39, 0.29) is 23.0 Å². The van der Waals surface area contributed by atoms with Gasteiger partial charge in [0.15, 0.2) is 11.6 Å². The number of hydrogen-bond donors (Lipinski definition) is 0. The third-order valence-corrected chi connectivity index (χ3v) is 8.27. The highest BCUT2D eigenvalue weighted by Gasteiger charge is 2.25. The first-order chi connectivity index (χ1) is 20.0. The van der Waals surface area contributed by atoms with Gasteiger partial charge in [0.25, 0.3) is 0 Å². The number of ether oxygens (including phenoxy) is 2. The van der Waals surface area contributed by atoms with Crippen molar-refractivity contribution in [1.29, 1.82) is 0 Å². The quantitative estimate of drug-likeness (QED) is 0.170. The third-order valence-electron chi connectivity index (χ3n) is 8.27. The minimum atomic E-state index is -0.968. The van der Waals surface area contributed by atoms with Crippen LogP contribution < -0.4 is 4.74 Å². The lowest BCUT2D eigenvalue weighted by molar-refractivity contribution is -0.00273. The van der Waals surface area contributed by atoms with Gasteiger partial charge in [-0.2, -0.15) is 4.39 Å². The number of benzene rings is 3. The summed E-state index contributed by atoms with van der Waals surface area (Å²) >= 11 is 0. The Hall–Kier alpha value is -2.79. The van der Waals surface area contributed by atoms with Gasteiger partial charge >= 0.3 is 0 Å². The SMILES string of the molecule is CCCCCCCC1CCC(c2ccc(-c3ccc(-c4ccc(OCCCCCC)c(F)c4F)cc3)cc2F)CO1. The lowest BCUT2D eigenvalue weighted by Crippen LogP contribution is -2.25. The fraction of sp³-hybridized carbons (Fsp3) is 0.500. The molecule has 0 spiro atoms. The van der Waals surface area contributed by atoms with Gasteiger partial charge in [0.05, 0.1) is 19.3 Å². The Kier molecular flexibility index (Phi) is 12.2. The monoisotopic (exact) mass is 566 g/mol. The number of rotatable bonds is 15. The van der Waals surface area contributed by atoms with Crippen LogP contribution in [-0.2, 0) is 4.74 Å². The summed E-state index contributed by atoms with van der Waals surface area (Å²) < 4.78 is 56.3. The van der Waals surface area contributed by atoms with Crippen LogP contribution in [0.25, 0.3) is 22.3 Å². The predicted octanol–water partition coefficient (Wildman–Crippen LogP) is 11.0. The number of unbranched alkanes of at least 4 members (excludes halogenated alkanes) is 7. The molecule has 1 saturated heterocycles. The second-order valence-corrected chi connectivity index (χ2v) is 11.4. The molecule has 2 nitrogen and oxygen atoms in total. The molecule has 3 aromatic carbocycles. The lowest BCUT2D eigenvalue weighted by atomic mass is 9.88. The van der Waals surface area contributed by atoms with Crippen molar-refractivity contribution < 1.29 is 22.6 Å². The Morgan fingerprint density at radius 2 is 1.39 bits per heavy atom. The summed E-state index contributed by atoms with van der Waals surface area (Å²) in [4.78, 5) is 0. The maximum Gasteiger partial charge on any atom is 0.201 e. The third kappa shape index (κ3) is 8.61. The van der Waals surface area contributed by atoms with E-state index < -0.39 is 11.6 Å². The molecule has 0 aromatic heterocycles. The summed E-state index contributed by atoms with van der Waals surface area (Å²) in [5.74, 6) is -2.10. The van der Waals surface area contributed by atoms with E-state index in [9.17, 15) is 8.78 Å². The summed E-state index contributed by atoms with van der Waals surface area (Å²) in [6, 6.07) is 15.5. The normalized spacial score (nSPS) is 17.1. The highest BCUT2D eigenvalue weighted by atomic mass is 19.2. The van der Waals surface area contributed by atoms with E-state index in [1.54, 1.807) is 24.3 Å². The van der Waals surface area contributed by atoms with Crippen LogP contribution in [0.15, 0.2) is 54.6 Å². The molecular weight excluding hydrogens is 521 g/mol. The molecule has 222 valence electrons. The molecule has 2 atom stereocenters. The van der Waals surface area contributed by atoms with Crippen LogP contribution in [-0.4, -0.2) is 19.3 Å². The van der Waals surface area contributed by atoms with Gasteiger partial charge in [0, 0.05) is 11.5 Å². The van der Waals surface area contributed by atoms with Crippen molar-refractivity contribution in [2.24, 2.45) is 0 Å². The van der Waals surface area contributed by atoms with Crippen molar-refractivity contribution >= 4 is 0 Å². The first kappa shape index (κ1) is 31.2. The highest BCUT2D eigenvalue weighted by molar-refractivity contribution is 5.71. The summed E-state index contributed by atoms with van der Waals surface area (Å²) in [6.45, 7) is 5.28. The van der Waals surface area contributed by atoms with Crippen LogP contribution in [0.5, 0.6) is 5.75 Å². The number of hydrogen-bond acceptors (Lipinski definition) is 2. The molecule has 0 aliphatic carbocycles. The maximum absolute atomic E-state index is 15.2. The lowest BCUT2D eigenvalue weighted by Gasteiger charge is -2.29. The van der Waals surface area contributed by atoms with E-state index in [1.165, 1.54) is 38.2 Å². The van der Waals surface area contributed by atoms with Crippen LogP contribution in [0.3, 0.4) is 0 Å². The number of halogens is 3. The van der Waals surface area contributed by atoms with Crippen molar-refractivity contribution in [3.05, 3.63) is 77.6 Å². The van der Waals surface area contributed by atoms with Crippen molar-refractivity contribution in [1.82, 2.24) is 0 Å². The molecule has 4 rings (SSSR count). The largest absolute Gasteiger partial charge is 0.490 e. The van der Waals surface area contributed by atoms with Crippen molar-refractivity contribution in [2.45, 2.75) is 103 Å². The predicted molar refractivity (Wildman–Crippen MR) is 162 cm³/mol. The Morgan fingerprint density at radius 1 is 0.707 bits per heavy atom. The van der Waals surface area contributed by atoms with E-state index in [0.29, 0.717) is 30.4 Å². The Labute approximate surface area is 244 Å². The molecule has 1 heterocycles. The minimum absolute atomic E-state index is 0.0590. The van der Waals surface area contributed by atoms with Gasteiger partial charge < -0.3 is 9.47 Å². The zero-order valence-electron chi connectivity index (χ0n) is 24.7. The molecule has 1 fully saturated rings. The van der Waals surface area contributed by atoms with Gasteiger partial charge in [-0.15, -0.1) is 0 Å². The minimum Gasteiger partial charge on any atom is -0.490 e. The summed E-state index contributed by atoms with van der Waals surface area (Å²) in [6.07, 6.45) is 13.7. The molecule has 2 unspecified atom stereocenters. The van der Waals surface area contributed by atoms with Crippen LogP contribution in [0, 0.1) is 17.5 Å².